The number of nitrogens with one attached hydrogen (secondary N) is 2. The van der Waals surface area contributed by atoms with E-state index in [9.17, 15) is 19.2 Å². The monoisotopic (exact) mass is 489 g/mol. The maximum absolute atomic E-state index is 13.0. The number of methoxy groups -OCH3 is 1. The molecule has 3 amide bonds. The molecule has 8 nitrogen and oxygen atoms in total. The van der Waals surface area contributed by atoms with Crippen LogP contribution >= 0.6 is 11.6 Å². The molecule has 0 unspecified atom stereocenters. The molecule has 3 aromatic carbocycles. The lowest BCUT2D eigenvalue weighted by atomic mass is 10.1. The summed E-state index contributed by atoms with van der Waals surface area (Å²) in [5, 5.41) is 5.41. The molecular formula is C26H20ClN3O5. The highest BCUT2D eigenvalue weighted by Crippen LogP contribution is 2.30. The fraction of sp³-hybridized carbons (Fsp3) is 0.0769. The first-order chi connectivity index (χ1) is 16.9. The van der Waals surface area contributed by atoms with Crippen molar-refractivity contribution in [3.05, 3.63) is 106 Å². The van der Waals surface area contributed by atoms with Crippen LogP contribution in [0.2, 0.25) is 0 Å². The zero-order valence-corrected chi connectivity index (χ0v) is 19.3. The smallest absolute Gasteiger partial charge is 0.337 e. The van der Waals surface area contributed by atoms with Crippen molar-refractivity contribution < 1.29 is 23.9 Å². The van der Waals surface area contributed by atoms with Crippen molar-refractivity contribution in [1.82, 2.24) is 5.32 Å². The van der Waals surface area contributed by atoms with Crippen LogP contribution in [0, 0.1) is 0 Å². The average Bonchev–Trinajstić information content (AvgIpc) is 3.10. The summed E-state index contributed by atoms with van der Waals surface area (Å²) in [4.78, 5) is 50.8. The predicted molar refractivity (Wildman–Crippen MR) is 131 cm³/mol. The number of esters is 1. The minimum Gasteiger partial charge on any atom is -0.465 e. The molecular weight excluding hydrogens is 470 g/mol. The van der Waals surface area contributed by atoms with E-state index in [4.69, 9.17) is 11.6 Å². The van der Waals surface area contributed by atoms with Crippen molar-refractivity contribution in [3.63, 3.8) is 0 Å². The molecule has 0 radical (unpaired) electrons. The lowest BCUT2D eigenvalue weighted by Gasteiger charge is -2.16. The molecule has 1 aliphatic heterocycles. The minimum atomic E-state index is -0.724. The summed E-state index contributed by atoms with van der Waals surface area (Å²) in [6, 6.07) is 21.8. The average molecular weight is 490 g/mol. The van der Waals surface area contributed by atoms with E-state index < -0.39 is 17.8 Å². The second-order valence-corrected chi connectivity index (χ2v) is 7.93. The van der Waals surface area contributed by atoms with E-state index in [0.717, 1.165) is 10.5 Å². The van der Waals surface area contributed by atoms with E-state index in [1.54, 1.807) is 24.3 Å². The van der Waals surface area contributed by atoms with Crippen LogP contribution in [-0.2, 0) is 20.9 Å². The Balaban J connectivity index is 1.45. The normalized spacial score (nSPS) is 13.1. The molecule has 2 N–H and O–H groups in total. The molecule has 176 valence electrons. The number of ether oxygens (including phenoxy) is 1. The fourth-order valence-corrected chi connectivity index (χ4v) is 3.68. The van der Waals surface area contributed by atoms with Crippen LogP contribution in [0.25, 0.3) is 0 Å². The number of halogens is 1. The molecule has 35 heavy (non-hydrogen) atoms. The van der Waals surface area contributed by atoms with Gasteiger partial charge in [0.1, 0.15) is 10.7 Å². The van der Waals surface area contributed by atoms with Gasteiger partial charge >= 0.3 is 5.97 Å². The van der Waals surface area contributed by atoms with Crippen molar-refractivity contribution in [2.45, 2.75) is 6.54 Å². The zero-order chi connectivity index (χ0) is 24.9. The van der Waals surface area contributed by atoms with Crippen molar-refractivity contribution in [1.29, 1.82) is 0 Å². The highest BCUT2D eigenvalue weighted by Gasteiger charge is 2.39. The van der Waals surface area contributed by atoms with E-state index >= 15 is 0 Å². The highest BCUT2D eigenvalue weighted by atomic mass is 35.5. The summed E-state index contributed by atoms with van der Waals surface area (Å²) in [6.45, 7) is 0.395. The van der Waals surface area contributed by atoms with Crippen LogP contribution in [0.1, 0.15) is 26.3 Å². The summed E-state index contributed by atoms with van der Waals surface area (Å²) >= 11 is 6.18. The number of imide groups is 1. The first kappa shape index (κ1) is 23.7. The summed E-state index contributed by atoms with van der Waals surface area (Å²) in [6.07, 6.45) is 0. The number of hydrogen-bond donors (Lipinski definition) is 2. The Labute approximate surface area is 206 Å². The summed E-state index contributed by atoms with van der Waals surface area (Å²) < 4.78 is 4.69. The number of carbonyl (C=O) groups is 4. The van der Waals surface area contributed by atoms with Crippen LogP contribution in [0.5, 0.6) is 0 Å². The van der Waals surface area contributed by atoms with Crippen molar-refractivity contribution in [2.75, 3.05) is 17.3 Å². The molecule has 1 aliphatic rings. The van der Waals surface area contributed by atoms with Gasteiger partial charge in [0.15, 0.2) is 0 Å². The third kappa shape index (κ3) is 5.07. The third-order valence-corrected chi connectivity index (χ3v) is 5.62. The van der Waals surface area contributed by atoms with Crippen molar-refractivity contribution >= 4 is 46.7 Å². The van der Waals surface area contributed by atoms with Gasteiger partial charge in [-0.05, 0) is 48.0 Å². The number of amides is 3. The van der Waals surface area contributed by atoms with Gasteiger partial charge in [-0.25, -0.2) is 9.69 Å². The minimum absolute atomic E-state index is 0.110. The van der Waals surface area contributed by atoms with Gasteiger partial charge in [-0.15, -0.1) is 0 Å². The molecule has 1 heterocycles. The van der Waals surface area contributed by atoms with Crippen LogP contribution in [0.15, 0.2) is 89.6 Å². The maximum atomic E-state index is 13.0. The Morgan fingerprint density at radius 1 is 0.886 bits per heavy atom. The van der Waals surface area contributed by atoms with E-state index in [1.807, 2.05) is 30.3 Å². The maximum Gasteiger partial charge on any atom is 0.337 e. The number of hydrogen-bond acceptors (Lipinski definition) is 6. The van der Waals surface area contributed by atoms with Crippen LogP contribution in [-0.4, -0.2) is 30.8 Å². The van der Waals surface area contributed by atoms with Crippen LogP contribution in [0.3, 0.4) is 0 Å². The van der Waals surface area contributed by atoms with Crippen LogP contribution < -0.4 is 15.5 Å². The number of anilines is 2. The van der Waals surface area contributed by atoms with Crippen LogP contribution in [0.4, 0.5) is 11.4 Å². The standard InChI is InChI=1S/C26H20ClN3O5/c1-35-26(34)18-8-5-9-20(14-18)30-24(32)21(27)22(25(30)33)29-19-12-10-17(11-13-19)23(31)28-15-16-6-3-2-4-7-16/h2-14,29H,15H2,1H3,(H,28,31). The van der Waals surface area contributed by atoms with Gasteiger partial charge in [-0.2, -0.15) is 0 Å². The molecule has 9 heteroatoms. The molecule has 0 atom stereocenters. The van der Waals surface area contributed by atoms with E-state index in [2.05, 4.69) is 15.4 Å². The fourth-order valence-electron chi connectivity index (χ4n) is 3.47. The summed E-state index contributed by atoms with van der Waals surface area (Å²) in [5.74, 6) is -2.25. The van der Waals surface area contributed by atoms with E-state index in [0.29, 0.717) is 17.8 Å². The molecule has 0 aromatic heterocycles. The molecule has 0 saturated heterocycles. The Kier molecular flexibility index (Phi) is 6.93. The number of benzene rings is 3. The Morgan fingerprint density at radius 2 is 1.60 bits per heavy atom. The van der Waals surface area contributed by atoms with Gasteiger partial charge in [0.25, 0.3) is 17.7 Å². The first-order valence-corrected chi connectivity index (χ1v) is 10.9. The lowest BCUT2D eigenvalue weighted by Crippen LogP contribution is -2.32. The largest absolute Gasteiger partial charge is 0.465 e. The Morgan fingerprint density at radius 3 is 2.29 bits per heavy atom. The second kappa shape index (κ2) is 10.2. The van der Waals surface area contributed by atoms with Gasteiger partial charge in [-0.3, -0.25) is 14.4 Å². The SMILES string of the molecule is COC(=O)c1cccc(N2C(=O)C(Cl)=C(Nc3ccc(C(=O)NCc4ccccc4)cc3)C2=O)c1. The lowest BCUT2D eigenvalue weighted by molar-refractivity contribution is -0.120. The Bertz CT molecular complexity index is 1340. The molecule has 3 aromatic rings. The molecule has 0 bridgehead atoms. The van der Waals surface area contributed by atoms with Gasteiger partial charge in [0.05, 0.1) is 18.4 Å². The summed E-state index contributed by atoms with van der Waals surface area (Å²) in [7, 11) is 1.24. The van der Waals surface area contributed by atoms with Gasteiger partial charge in [-0.1, -0.05) is 48.0 Å². The molecule has 0 spiro atoms. The topological polar surface area (TPSA) is 105 Å². The molecule has 0 fully saturated rings. The van der Waals surface area contributed by atoms with Gasteiger partial charge in [0.2, 0.25) is 0 Å². The van der Waals surface area contributed by atoms with Gasteiger partial charge in [0, 0.05) is 17.8 Å². The third-order valence-electron chi connectivity index (χ3n) is 5.27. The predicted octanol–water partition coefficient (Wildman–Crippen LogP) is 3.84. The molecule has 0 saturated carbocycles. The van der Waals surface area contributed by atoms with Gasteiger partial charge < -0.3 is 15.4 Å². The van der Waals surface area contributed by atoms with E-state index in [-0.39, 0.29) is 27.9 Å². The van der Waals surface area contributed by atoms with Crippen molar-refractivity contribution in [3.8, 4) is 0 Å². The molecule has 4 rings (SSSR count). The Hall–Kier alpha value is -4.43. The second-order valence-electron chi connectivity index (χ2n) is 7.55. The summed E-state index contributed by atoms with van der Waals surface area (Å²) in [5.41, 5.74) is 2.13. The first-order valence-electron chi connectivity index (χ1n) is 10.5. The quantitative estimate of drug-likeness (QED) is 0.386. The number of nitrogens with zero attached hydrogens (tertiary/aromatic N) is 1. The van der Waals surface area contributed by atoms with Crippen molar-refractivity contribution in [2.24, 2.45) is 0 Å². The zero-order valence-electron chi connectivity index (χ0n) is 18.6. The molecule has 0 aliphatic carbocycles. The number of rotatable bonds is 7. The highest BCUT2D eigenvalue weighted by molar-refractivity contribution is 6.53. The van der Waals surface area contributed by atoms with E-state index in [1.165, 1.54) is 31.4 Å². The number of carbonyl (C=O) groups excluding carboxylic acids is 4.